The fraction of sp³-hybridized carbons (Fsp3) is 0.286. The topological polar surface area (TPSA) is 72.9 Å². The Bertz CT molecular complexity index is 623. The van der Waals surface area contributed by atoms with E-state index in [1.54, 1.807) is 25.4 Å². The molecule has 2 aromatic rings. The molecule has 0 spiro atoms. The lowest BCUT2D eigenvalue weighted by Gasteiger charge is -2.14. The highest BCUT2D eigenvalue weighted by molar-refractivity contribution is 5.73. The fourth-order valence-corrected chi connectivity index (χ4v) is 1.90. The van der Waals surface area contributed by atoms with Crippen LogP contribution in [0.1, 0.15) is 24.1 Å². The molecule has 1 heterocycles. The van der Waals surface area contributed by atoms with Crippen LogP contribution in [-0.4, -0.2) is 15.7 Å². The van der Waals surface area contributed by atoms with Crippen LogP contribution in [0, 0.1) is 12.7 Å². The molecule has 106 valence electrons. The monoisotopic (exact) mass is 276 g/mol. The minimum atomic E-state index is -0.451. The van der Waals surface area contributed by atoms with Crippen LogP contribution in [-0.2, 0) is 11.3 Å². The van der Waals surface area contributed by atoms with Gasteiger partial charge < -0.3 is 11.1 Å². The summed E-state index contributed by atoms with van der Waals surface area (Å²) in [6.45, 7) is 3.69. The zero-order chi connectivity index (χ0) is 14.7. The van der Waals surface area contributed by atoms with Gasteiger partial charge in [0, 0.05) is 12.2 Å². The minimum absolute atomic E-state index is 0.0369. The van der Waals surface area contributed by atoms with E-state index in [-0.39, 0.29) is 18.4 Å². The number of carbonyl (C=O) groups excluding carboxylic acids is 1. The number of hydrogen-bond acceptors (Lipinski definition) is 3. The molecule has 1 amide bonds. The van der Waals surface area contributed by atoms with Gasteiger partial charge in [0.05, 0.1) is 11.9 Å². The first kappa shape index (κ1) is 14.0. The molecule has 20 heavy (non-hydrogen) atoms. The number of hydrogen-bond donors (Lipinski definition) is 2. The SMILES string of the molecule is Cc1ccc(C(C)Nc2cnn(CC(N)=O)c2)cc1F. The lowest BCUT2D eigenvalue weighted by molar-refractivity contribution is -0.118. The highest BCUT2D eigenvalue weighted by atomic mass is 19.1. The minimum Gasteiger partial charge on any atom is -0.376 e. The highest BCUT2D eigenvalue weighted by Gasteiger charge is 2.09. The van der Waals surface area contributed by atoms with Gasteiger partial charge in [0.1, 0.15) is 12.4 Å². The molecule has 0 aliphatic rings. The van der Waals surface area contributed by atoms with E-state index in [2.05, 4.69) is 10.4 Å². The molecule has 1 aromatic carbocycles. The maximum Gasteiger partial charge on any atom is 0.239 e. The van der Waals surface area contributed by atoms with Crippen molar-refractivity contribution < 1.29 is 9.18 Å². The van der Waals surface area contributed by atoms with Gasteiger partial charge in [-0.1, -0.05) is 12.1 Å². The Morgan fingerprint density at radius 3 is 2.95 bits per heavy atom. The van der Waals surface area contributed by atoms with E-state index in [9.17, 15) is 9.18 Å². The predicted octanol–water partition coefficient (Wildman–Crippen LogP) is 1.99. The van der Waals surface area contributed by atoms with Crippen LogP contribution in [0.4, 0.5) is 10.1 Å². The first-order valence-electron chi connectivity index (χ1n) is 6.29. The number of aromatic nitrogens is 2. The third-order valence-corrected chi connectivity index (χ3v) is 3.03. The molecule has 2 rings (SSSR count). The summed E-state index contributed by atoms with van der Waals surface area (Å²) in [6.07, 6.45) is 3.29. The zero-order valence-electron chi connectivity index (χ0n) is 11.4. The molecule has 1 atom stereocenters. The van der Waals surface area contributed by atoms with Crippen molar-refractivity contribution in [2.24, 2.45) is 5.73 Å². The van der Waals surface area contributed by atoms with Crippen molar-refractivity contribution in [2.75, 3.05) is 5.32 Å². The maximum absolute atomic E-state index is 13.5. The molecule has 1 aromatic heterocycles. The molecular weight excluding hydrogens is 259 g/mol. The van der Waals surface area contributed by atoms with Crippen molar-refractivity contribution in [3.63, 3.8) is 0 Å². The number of nitrogens with two attached hydrogens (primary N) is 1. The van der Waals surface area contributed by atoms with Crippen molar-refractivity contribution in [2.45, 2.75) is 26.4 Å². The van der Waals surface area contributed by atoms with Gasteiger partial charge in [-0.3, -0.25) is 9.48 Å². The number of carbonyl (C=O) groups is 1. The van der Waals surface area contributed by atoms with Gasteiger partial charge in [-0.05, 0) is 31.0 Å². The Labute approximate surface area is 116 Å². The van der Waals surface area contributed by atoms with Crippen molar-refractivity contribution in [3.05, 3.63) is 47.5 Å². The molecule has 0 saturated heterocycles. The summed E-state index contributed by atoms with van der Waals surface area (Å²) in [4.78, 5) is 10.8. The molecule has 0 saturated carbocycles. The number of anilines is 1. The van der Waals surface area contributed by atoms with E-state index < -0.39 is 5.91 Å². The van der Waals surface area contributed by atoms with Gasteiger partial charge in [0.25, 0.3) is 0 Å². The maximum atomic E-state index is 13.5. The van der Waals surface area contributed by atoms with E-state index in [0.717, 1.165) is 11.3 Å². The molecule has 0 aliphatic carbocycles. The van der Waals surface area contributed by atoms with Crippen LogP contribution in [0.15, 0.2) is 30.6 Å². The Morgan fingerprint density at radius 1 is 1.55 bits per heavy atom. The normalized spacial score (nSPS) is 12.2. The summed E-state index contributed by atoms with van der Waals surface area (Å²) < 4.78 is 15.0. The van der Waals surface area contributed by atoms with Crippen LogP contribution < -0.4 is 11.1 Å². The van der Waals surface area contributed by atoms with E-state index in [1.807, 2.05) is 13.0 Å². The molecule has 0 radical (unpaired) electrons. The number of rotatable bonds is 5. The summed E-state index contributed by atoms with van der Waals surface area (Å²) in [5.74, 6) is -0.672. The molecule has 1 unspecified atom stereocenters. The largest absolute Gasteiger partial charge is 0.376 e. The Kier molecular flexibility index (Phi) is 4.02. The van der Waals surface area contributed by atoms with Gasteiger partial charge in [-0.25, -0.2) is 4.39 Å². The molecular formula is C14H17FN4O. The zero-order valence-corrected chi connectivity index (χ0v) is 11.4. The standard InChI is InChI=1S/C14H17FN4O/c1-9-3-4-11(5-13(9)15)10(2)18-12-6-17-19(7-12)8-14(16)20/h3-7,10,18H,8H2,1-2H3,(H2,16,20). The average molecular weight is 276 g/mol. The van der Waals surface area contributed by atoms with Crippen LogP contribution in [0.25, 0.3) is 0 Å². The predicted molar refractivity (Wildman–Crippen MR) is 74.6 cm³/mol. The Morgan fingerprint density at radius 2 is 2.30 bits per heavy atom. The van der Waals surface area contributed by atoms with Crippen molar-refractivity contribution in [3.8, 4) is 0 Å². The second kappa shape index (κ2) is 5.73. The van der Waals surface area contributed by atoms with Gasteiger partial charge in [0.2, 0.25) is 5.91 Å². The molecule has 5 nitrogen and oxygen atoms in total. The van der Waals surface area contributed by atoms with Crippen LogP contribution in [0.2, 0.25) is 0 Å². The molecule has 0 aliphatic heterocycles. The van der Waals surface area contributed by atoms with E-state index in [0.29, 0.717) is 5.56 Å². The smallest absolute Gasteiger partial charge is 0.239 e. The third-order valence-electron chi connectivity index (χ3n) is 3.03. The number of primary amides is 1. The second-order valence-corrected chi connectivity index (χ2v) is 4.77. The first-order chi connectivity index (χ1) is 9.45. The number of halogens is 1. The van der Waals surface area contributed by atoms with E-state index in [4.69, 9.17) is 5.73 Å². The second-order valence-electron chi connectivity index (χ2n) is 4.77. The van der Waals surface area contributed by atoms with Crippen molar-refractivity contribution in [1.29, 1.82) is 0 Å². The number of aryl methyl sites for hydroxylation is 1. The lowest BCUT2D eigenvalue weighted by atomic mass is 10.1. The van der Waals surface area contributed by atoms with Crippen LogP contribution >= 0.6 is 0 Å². The average Bonchev–Trinajstić information content (AvgIpc) is 2.79. The van der Waals surface area contributed by atoms with Gasteiger partial charge in [-0.2, -0.15) is 5.10 Å². The van der Waals surface area contributed by atoms with E-state index in [1.165, 1.54) is 10.7 Å². The quantitative estimate of drug-likeness (QED) is 0.877. The van der Waals surface area contributed by atoms with Gasteiger partial charge >= 0.3 is 0 Å². The number of benzene rings is 1. The molecule has 0 bridgehead atoms. The summed E-state index contributed by atoms with van der Waals surface area (Å²) in [7, 11) is 0. The van der Waals surface area contributed by atoms with Gasteiger partial charge in [-0.15, -0.1) is 0 Å². The van der Waals surface area contributed by atoms with Crippen LogP contribution in [0.5, 0.6) is 0 Å². The molecule has 6 heteroatoms. The first-order valence-corrected chi connectivity index (χ1v) is 6.29. The Balaban J connectivity index is 2.06. The van der Waals surface area contributed by atoms with Gasteiger partial charge in [0.15, 0.2) is 0 Å². The third kappa shape index (κ3) is 3.34. The molecule has 3 N–H and O–H groups in total. The molecule has 0 fully saturated rings. The van der Waals surface area contributed by atoms with Crippen LogP contribution in [0.3, 0.4) is 0 Å². The number of nitrogens with one attached hydrogen (secondary N) is 1. The Hall–Kier alpha value is -2.37. The summed E-state index contributed by atoms with van der Waals surface area (Å²) >= 11 is 0. The lowest BCUT2D eigenvalue weighted by Crippen LogP contribution is -2.18. The number of nitrogens with zero attached hydrogens (tertiary/aromatic N) is 2. The van der Waals surface area contributed by atoms with Crippen molar-refractivity contribution >= 4 is 11.6 Å². The summed E-state index contributed by atoms with van der Waals surface area (Å²) in [5, 5.41) is 7.21. The number of amides is 1. The fourth-order valence-electron chi connectivity index (χ4n) is 1.90. The van der Waals surface area contributed by atoms with E-state index >= 15 is 0 Å². The highest BCUT2D eigenvalue weighted by Crippen LogP contribution is 2.20. The summed E-state index contributed by atoms with van der Waals surface area (Å²) in [5.41, 5.74) is 7.31. The summed E-state index contributed by atoms with van der Waals surface area (Å²) in [6, 6.07) is 5.07. The van der Waals surface area contributed by atoms with Crippen molar-refractivity contribution in [1.82, 2.24) is 9.78 Å².